The van der Waals surface area contributed by atoms with Gasteiger partial charge in [0.2, 0.25) is 5.91 Å². The van der Waals surface area contributed by atoms with E-state index in [2.05, 4.69) is 10.1 Å². The van der Waals surface area contributed by atoms with Crippen molar-refractivity contribution < 1.29 is 29.0 Å². The zero-order valence-corrected chi connectivity index (χ0v) is 15.8. The Kier molecular flexibility index (Phi) is 7.08. The van der Waals surface area contributed by atoms with Gasteiger partial charge >= 0.3 is 12.1 Å². The topological polar surface area (TPSA) is 165 Å². The van der Waals surface area contributed by atoms with Gasteiger partial charge in [0, 0.05) is 11.3 Å². The number of amides is 3. The van der Waals surface area contributed by atoms with Crippen LogP contribution in [0.25, 0.3) is 0 Å². The van der Waals surface area contributed by atoms with Crippen molar-refractivity contribution in [3.63, 3.8) is 0 Å². The molecule has 2 unspecified atom stereocenters. The van der Waals surface area contributed by atoms with E-state index >= 15 is 0 Å². The van der Waals surface area contributed by atoms with E-state index in [1.807, 2.05) is 6.92 Å². The summed E-state index contributed by atoms with van der Waals surface area (Å²) >= 11 is 1.28. The molecule has 0 aromatic heterocycles. The number of primary amides is 1. The van der Waals surface area contributed by atoms with Crippen LogP contribution >= 0.6 is 11.8 Å². The average molecular weight is 400 g/mol. The molecule has 2 aliphatic rings. The van der Waals surface area contributed by atoms with Crippen molar-refractivity contribution in [2.75, 3.05) is 12.4 Å². The number of ether oxygens (including phenoxy) is 1. The number of unbranched alkanes of at least 4 members (excludes halogenated alkanes) is 2. The smallest absolute Gasteiger partial charge is 0.404 e. The summed E-state index contributed by atoms with van der Waals surface area (Å²) in [7, 11) is 0. The molecule has 1 fully saturated rings. The quantitative estimate of drug-likeness (QED) is 0.303. The summed E-state index contributed by atoms with van der Waals surface area (Å²) in [6.45, 7) is 1.74. The van der Waals surface area contributed by atoms with Gasteiger partial charge < -0.3 is 26.6 Å². The number of nitrogens with two attached hydrogens (primary N) is 2. The SMILES string of the molecule is CCCCCC(N)C(=O)NC1C(=O)N2C(C(=O)O)=C(COC(N)=O)CS[C@H]12. The van der Waals surface area contributed by atoms with Crippen molar-refractivity contribution in [3.8, 4) is 0 Å². The third-order valence-corrected chi connectivity index (χ3v) is 5.73. The molecule has 1 saturated heterocycles. The molecule has 0 aliphatic carbocycles. The van der Waals surface area contributed by atoms with Crippen LogP contribution in [0.1, 0.15) is 32.6 Å². The van der Waals surface area contributed by atoms with Crippen molar-refractivity contribution in [1.82, 2.24) is 10.2 Å². The molecule has 0 aromatic rings. The van der Waals surface area contributed by atoms with Crippen LogP contribution in [0.15, 0.2) is 11.3 Å². The molecule has 150 valence electrons. The molecular formula is C16H24N4O6S. The Morgan fingerprint density at radius 2 is 2.11 bits per heavy atom. The maximum Gasteiger partial charge on any atom is 0.404 e. The maximum absolute atomic E-state index is 12.4. The molecule has 3 atom stereocenters. The van der Waals surface area contributed by atoms with E-state index in [0.717, 1.165) is 24.2 Å². The summed E-state index contributed by atoms with van der Waals surface area (Å²) in [4.78, 5) is 48.1. The van der Waals surface area contributed by atoms with Crippen LogP contribution in [0.5, 0.6) is 0 Å². The molecule has 2 heterocycles. The highest BCUT2D eigenvalue weighted by Gasteiger charge is 2.54. The lowest BCUT2D eigenvalue weighted by atomic mass is 10.0. The van der Waals surface area contributed by atoms with Crippen LogP contribution in [0.3, 0.4) is 0 Å². The van der Waals surface area contributed by atoms with Crippen molar-refractivity contribution in [2.45, 2.75) is 50.1 Å². The van der Waals surface area contributed by atoms with E-state index in [4.69, 9.17) is 11.5 Å². The minimum Gasteiger partial charge on any atom is -0.477 e. The van der Waals surface area contributed by atoms with E-state index in [1.54, 1.807) is 0 Å². The van der Waals surface area contributed by atoms with Crippen molar-refractivity contribution in [2.24, 2.45) is 11.5 Å². The van der Waals surface area contributed by atoms with Crippen LogP contribution in [-0.2, 0) is 19.1 Å². The number of β-lactam (4-membered cyclic amide) rings is 1. The first-order valence-corrected chi connectivity index (χ1v) is 9.71. The first-order valence-electron chi connectivity index (χ1n) is 8.66. The van der Waals surface area contributed by atoms with Gasteiger partial charge in [-0.3, -0.25) is 14.5 Å². The predicted molar refractivity (Wildman–Crippen MR) is 97.3 cm³/mol. The number of aliphatic carboxylic acids is 1. The number of hydrogen-bond donors (Lipinski definition) is 4. The Labute approximate surface area is 160 Å². The van der Waals surface area contributed by atoms with Crippen molar-refractivity contribution in [1.29, 1.82) is 0 Å². The van der Waals surface area contributed by atoms with Gasteiger partial charge in [0.1, 0.15) is 23.7 Å². The highest BCUT2D eigenvalue weighted by Crippen LogP contribution is 2.40. The number of carboxylic acids is 1. The summed E-state index contributed by atoms with van der Waals surface area (Å²) in [6.07, 6.45) is 2.30. The summed E-state index contributed by atoms with van der Waals surface area (Å²) in [5.41, 5.74) is 10.8. The van der Waals surface area contributed by atoms with E-state index in [9.17, 15) is 24.3 Å². The summed E-state index contributed by atoms with van der Waals surface area (Å²) in [5.74, 6) is -2.03. The van der Waals surface area contributed by atoms with E-state index in [-0.39, 0.29) is 23.6 Å². The van der Waals surface area contributed by atoms with Gasteiger partial charge in [-0.15, -0.1) is 11.8 Å². The van der Waals surface area contributed by atoms with Gasteiger partial charge in [-0.2, -0.15) is 0 Å². The summed E-state index contributed by atoms with van der Waals surface area (Å²) < 4.78 is 4.65. The van der Waals surface area contributed by atoms with Crippen LogP contribution in [-0.4, -0.2) is 63.7 Å². The number of carbonyl (C=O) groups excluding carboxylic acids is 3. The normalized spacial score (nSPS) is 22.6. The lowest BCUT2D eigenvalue weighted by molar-refractivity contribution is -0.151. The molecule has 6 N–H and O–H groups in total. The van der Waals surface area contributed by atoms with Gasteiger partial charge in [0.25, 0.3) is 5.91 Å². The second kappa shape index (κ2) is 9.09. The van der Waals surface area contributed by atoms with Gasteiger partial charge in [-0.25, -0.2) is 9.59 Å². The second-order valence-corrected chi connectivity index (χ2v) is 7.47. The number of nitrogens with one attached hydrogen (secondary N) is 1. The maximum atomic E-state index is 12.4. The molecule has 0 spiro atoms. The Bertz CT molecular complexity index is 667. The number of rotatable bonds is 9. The summed E-state index contributed by atoms with van der Waals surface area (Å²) in [6, 6.07) is -1.53. The highest BCUT2D eigenvalue weighted by molar-refractivity contribution is 8.00. The number of carboxylic acid groups (broad SMARTS) is 1. The summed E-state index contributed by atoms with van der Waals surface area (Å²) in [5, 5.41) is 11.5. The van der Waals surface area contributed by atoms with Crippen LogP contribution in [0.2, 0.25) is 0 Å². The average Bonchev–Trinajstić information content (AvgIpc) is 2.62. The van der Waals surface area contributed by atoms with E-state index in [1.165, 1.54) is 11.8 Å². The fourth-order valence-corrected chi connectivity index (χ4v) is 4.29. The number of nitrogens with zero attached hydrogens (tertiary/aromatic N) is 1. The van der Waals surface area contributed by atoms with Gasteiger partial charge in [-0.1, -0.05) is 26.2 Å². The lowest BCUT2D eigenvalue weighted by Crippen LogP contribution is -2.71. The van der Waals surface area contributed by atoms with Gasteiger partial charge in [-0.05, 0) is 6.42 Å². The largest absolute Gasteiger partial charge is 0.477 e. The molecule has 2 rings (SSSR count). The molecule has 0 bridgehead atoms. The molecule has 0 aromatic carbocycles. The zero-order valence-electron chi connectivity index (χ0n) is 15.0. The Hall–Kier alpha value is -2.27. The van der Waals surface area contributed by atoms with Crippen molar-refractivity contribution in [3.05, 3.63) is 11.3 Å². The number of thioether (sulfide) groups is 1. The Morgan fingerprint density at radius 1 is 1.41 bits per heavy atom. The van der Waals surface area contributed by atoms with Gasteiger partial charge in [0.15, 0.2) is 0 Å². The minimum atomic E-state index is -1.31. The predicted octanol–water partition coefficient (Wildman–Crippen LogP) is -0.272. The molecule has 10 nitrogen and oxygen atoms in total. The van der Waals surface area contributed by atoms with E-state index < -0.39 is 41.3 Å². The fraction of sp³-hybridized carbons (Fsp3) is 0.625. The van der Waals surface area contributed by atoms with Crippen molar-refractivity contribution >= 4 is 35.6 Å². The Morgan fingerprint density at radius 3 is 2.70 bits per heavy atom. The van der Waals surface area contributed by atoms with Crippen LogP contribution in [0.4, 0.5) is 4.79 Å². The molecule has 3 amide bonds. The standard InChI is InChI=1S/C16H24N4O6S/c1-2-3-4-5-9(17)12(21)19-10-13(22)20-11(15(23)24)8(6-26-16(18)25)7-27-14(10)20/h9-10,14H,2-7,17H2,1H3,(H2,18,25)(H,19,21)(H,23,24)/t9?,10?,14-/m1/s1. The lowest BCUT2D eigenvalue weighted by Gasteiger charge is -2.49. The second-order valence-electron chi connectivity index (χ2n) is 6.36. The van der Waals surface area contributed by atoms with Crippen LogP contribution < -0.4 is 16.8 Å². The zero-order chi connectivity index (χ0) is 20.1. The highest BCUT2D eigenvalue weighted by atomic mass is 32.2. The van der Waals surface area contributed by atoms with E-state index in [0.29, 0.717) is 6.42 Å². The van der Waals surface area contributed by atoms with Crippen LogP contribution in [0, 0.1) is 0 Å². The molecule has 0 saturated carbocycles. The number of fused-ring (bicyclic) bond motifs is 1. The fourth-order valence-electron chi connectivity index (χ4n) is 2.96. The first kappa shape index (κ1) is 21.0. The minimum absolute atomic E-state index is 0.234. The van der Waals surface area contributed by atoms with Gasteiger partial charge in [0.05, 0.1) is 6.04 Å². The Balaban J connectivity index is 2.03. The first-order chi connectivity index (χ1) is 12.8. The molecule has 27 heavy (non-hydrogen) atoms. The molecule has 11 heteroatoms. The molecule has 0 radical (unpaired) electrons. The molecule has 2 aliphatic heterocycles. The third kappa shape index (κ3) is 4.72. The third-order valence-electron chi connectivity index (χ3n) is 4.39. The number of carbonyl (C=O) groups is 4. The number of hydrogen-bond acceptors (Lipinski definition) is 7. The molecular weight excluding hydrogens is 376 g/mol. The monoisotopic (exact) mass is 400 g/mol.